The summed E-state index contributed by atoms with van der Waals surface area (Å²) < 4.78 is 42.1. The number of allylic oxidation sites excluding steroid dienone is 1. The monoisotopic (exact) mass is 498 g/mol. The third kappa shape index (κ3) is 4.78. The molecular formula is C26H30N2O6S. The standard InChI is InChI=1S/C26H30N2O6S/c1-17(14-24(29)27-10-12-28(13-11-27)35(5,30)31)20-15-21-22(19-8-6-7-9-23(19)32-3)16-34-26(21)18(2)25(20)33-4/h6-9,14-16H,10-13H2,1-5H3/b17-14+. The quantitative estimate of drug-likeness (QED) is 0.479. The molecule has 1 aliphatic rings. The Balaban J connectivity index is 1.71. The van der Waals surface area contributed by atoms with E-state index in [9.17, 15) is 13.2 Å². The summed E-state index contributed by atoms with van der Waals surface area (Å²) in [7, 11) is -0.0241. The van der Waals surface area contributed by atoms with E-state index in [4.69, 9.17) is 13.9 Å². The number of hydrogen-bond acceptors (Lipinski definition) is 6. The van der Waals surface area contributed by atoms with Gasteiger partial charge in [0.1, 0.15) is 17.1 Å². The first kappa shape index (κ1) is 24.8. The minimum absolute atomic E-state index is 0.160. The molecule has 1 aliphatic heterocycles. The van der Waals surface area contributed by atoms with Gasteiger partial charge in [-0.05, 0) is 31.6 Å². The maximum atomic E-state index is 13.0. The number of benzene rings is 2. The first-order valence-electron chi connectivity index (χ1n) is 11.3. The summed E-state index contributed by atoms with van der Waals surface area (Å²) in [6, 6.07) is 9.72. The number of nitrogens with zero attached hydrogens (tertiary/aromatic N) is 2. The van der Waals surface area contributed by atoms with E-state index >= 15 is 0 Å². The molecule has 3 aromatic rings. The zero-order valence-electron chi connectivity index (χ0n) is 20.6. The predicted molar refractivity (Wildman–Crippen MR) is 136 cm³/mol. The van der Waals surface area contributed by atoms with Crippen molar-refractivity contribution in [1.82, 2.24) is 9.21 Å². The summed E-state index contributed by atoms with van der Waals surface area (Å²) in [5.41, 5.74) is 4.88. The van der Waals surface area contributed by atoms with Crippen LogP contribution in [-0.2, 0) is 14.8 Å². The first-order valence-corrected chi connectivity index (χ1v) is 13.2. The number of carbonyl (C=O) groups is 1. The third-order valence-corrected chi connectivity index (χ3v) is 7.73. The van der Waals surface area contributed by atoms with E-state index < -0.39 is 10.0 Å². The van der Waals surface area contributed by atoms with E-state index in [1.54, 1.807) is 31.5 Å². The Morgan fingerprint density at radius 2 is 1.74 bits per heavy atom. The molecule has 1 aromatic heterocycles. The van der Waals surface area contributed by atoms with Crippen LogP contribution < -0.4 is 9.47 Å². The van der Waals surface area contributed by atoms with Crippen LogP contribution in [0.2, 0.25) is 0 Å². The van der Waals surface area contributed by atoms with Gasteiger partial charge in [-0.25, -0.2) is 8.42 Å². The summed E-state index contributed by atoms with van der Waals surface area (Å²) in [6.07, 6.45) is 4.49. The van der Waals surface area contributed by atoms with Gasteiger partial charge in [-0.15, -0.1) is 0 Å². The number of amides is 1. The number of carbonyl (C=O) groups excluding carboxylic acids is 1. The smallest absolute Gasteiger partial charge is 0.246 e. The maximum absolute atomic E-state index is 13.0. The Kier molecular flexibility index (Phi) is 6.91. The minimum atomic E-state index is -3.26. The fraction of sp³-hybridized carbons (Fsp3) is 0.346. The van der Waals surface area contributed by atoms with E-state index in [1.807, 2.05) is 44.2 Å². The Bertz CT molecular complexity index is 1400. The highest BCUT2D eigenvalue weighted by Crippen LogP contribution is 2.42. The molecular weight excluding hydrogens is 468 g/mol. The second-order valence-electron chi connectivity index (χ2n) is 8.62. The van der Waals surface area contributed by atoms with Gasteiger partial charge in [0.25, 0.3) is 0 Å². The lowest BCUT2D eigenvalue weighted by molar-refractivity contribution is -0.127. The SMILES string of the molecule is COc1ccccc1-c1coc2c(C)c(OC)c(/C(C)=C/C(=O)N3CCN(S(C)(=O)=O)CC3)cc12. The Morgan fingerprint density at radius 3 is 2.37 bits per heavy atom. The number of hydrogen-bond donors (Lipinski definition) is 0. The number of ether oxygens (including phenoxy) is 2. The van der Waals surface area contributed by atoms with Gasteiger partial charge in [-0.2, -0.15) is 4.31 Å². The molecule has 2 heterocycles. The van der Waals surface area contributed by atoms with Gasteiger partial charge in [0, 0.05) is 59.9 Å². The minimum Gasteiger partial charge on any atom is -0.496 e. The van der Waals surface area contributed by atoms with Crippen molar-refractivity contribution in [3.05, 3.63) is 53.8 Å². The average Bonchev–Trinajstić information content (AvgIpc) is 3.27. The van der Waals surface area contributed by atoms with E-state index in [0.717, 1.165) is 39.0 Å². The van der Waals surface area contributed by atoms with Gasteiger partial charge in [-0.1, -0.05) is 18.2 Å². The molecule has 1 fully saturated rings. The zero-order chi connectivity index (χ0) is 25.3. The Morgan fingerprint density at radius 1 is 1.06 bits per heavy atom. The molecule has 1 saturated heterocycles. The van der Waals surface area contributed by atoms with Crippen molar-refractivity contribution >= 4 is 32.5 Å². The number of methoxy groups -OCH3 is 2. The van der Waals surface area contributed by atoms with Crippen molar-refractivity contribution in [2.24, 2.45) is 0 Å². The van der Waals surface area contributed by atoms with Crippen LogP contribution in [0.1, 0.15) is 18.1 Å². The van der Waals surface area contributed by atoms with Gasteiger partial charge in [-0.3, -0.25) is 4.79 Å². The lowest BCUT2D eigenvalue weighted by atomic mass is 9.96. The Labute approximate surface area is 205 Å². The highest BCUT2D eigenvalue weighted by molar-refractivity contribution is 7.88. The fourth-order valence-electron chi connectivity index (χ4n) is 4.54. The van der Waals surface area contributed by atoms with Gasteiger partial charge >= 0.3 is 0 Å². The molecule has 0 spiro atoms. The molecule has 1 amide bonds. The molecule has 0 atom stereocenters. The van der Waals surface area contributed by atoms with Crippen molar-refractivity contribution in [1.29, 1.82) is 0 Å². The van der Waals surface area contributed by atoms with Crippen LogP contribution >= 0.6 is 0 Å². The lowest BCUT2D eigenvalue weighted by Crippen LogP contribution is -2.49. The highest BCUT2D eigenvalue weighted by atomic mass is 32.2. The summed E-state index contributed by atoms with van der Waals surface area (Å²) in [6.45, 7) is 5.09. The molecule has 186 valence electrons. The first-order chi connectivity index (χ1) is 16.7. The Hall–Kier alpha value is -3.30. The number of furan rings is 1. The fourth-order valence-corrected chi connectivity index (χ4v) is 5.37. The van der Waals surface area contributed by atoms with Crippen molar-refractivity contribution < 1.29 is 27.1 Å². The summed E-state index contributed by atoms with van der Waals surface area (Å²) >= 11 is 0. The lowest BCUT2D eigenvalue weighted by Gasteiger charge is -2.32. The van der Waals surface area contributed by atoms with E-state index in [2.05, 4.69) is 0 Å². The summed E-state index contributed by atoms with van der Waals surface area (Å²) in [4.78, 5) is 14.7. The predicted octanol–water partition coefficient (Wildman–Crippen LogP) is 3.93. The second-order valence-corrected chi connectivity index (χ2v) is 10.6. The molecule has 0 aliphatic carbocycles. The molecule has 0 saturated carbocycles. The second kappa shape index (κ2) is 9.75. The molecule has 2 aromatic carbocycles. The summed E-state index contributed by atoms with van der Waals surface area (Å²) in [5, 5.41) is 0.893. The van der Waals surface area contributed by atoms with Gasteiger partial charge in [0.2, 0.25) is 15.9 Å². The third-order valence-electron chi connectivity index (χ3n) is 6.43. The van der Waals surface area contributed by atoms with E-state index in [-0.39, 0.29) is 5.91 Å². The van der Waals surface area contributed by atoms with E-state index in [1.165, 1.54) is 10.6 Å². The molecule has 8 nitrogen and oxygen atoms in total. The van der Waals surface area contributed by atoms with E-state index in [0.29, 0.717) is 37.5 Å². The maximum Gasteiger partial charge on any atom is 0.246 e. The van der Waals surface area contributed by atoms with Crippen LogP contribution in [0.25, 0.3) is 27.7 Å². The van der Waals surface area contributed by atoms with Crippen LogP contribution in [0.3, 0.4) is 0 Å². The number of para-hydroxylation sites is 1. The van der Waals surface area contributed by atoms with Crippen LogP contribution in [0, 0.1) is 6.92 Å². The molecule has 0 radical (unpaired) electrons. The molecule has 4 rings (SSSR count). The highest BCUT2D eigenvalue weighted by Gasteiger charge is 2.26. The van der Waals surface area contributed by atoms with Crippen molar-refractivity contribution in [2.45, 2.75) is 13.8 Å². The average molecular weight is 499 g/mol. The molecule has 0 bridgehead atoms. The van der Waals surface area contributed by atoms with Gasteiger partial charge in [0.05, 0.1) is 26.7 Å². The number of sulfonamides is 1. The molecule has 0 N–H and O–H groups in total. The zero-order valence-corrected chi connectivity index (χ0v) is 21.4. The molecule has 0 unspecified atom stereocenters. The van der Waals surface area contributed by atoms with Gasteiger partial charge < -0.3 is 18.8 Å². The van der Waals surface area contributed by atoms with Crippen LogP contribution in [0.4, 0.5) is 0 Å². The van der Waals surface area contributed by atoms with Crippen molar-refractivity contribution in [3.63, 3.8) is 0 Å². The number of fused-ring (bicyclic) bond motifs is 1. The summed E-state index contributed by atoms with van der Waals surface area (Å²) in [5.74, 6) is 1.22. The van der Waals surface area contributed by atoms with Crippen molar-refractivity contribution in [2.75, 3.05) is 46.7 Å². The largest absolute Gasteiger partial charge is 0.496 e. The van der Waals surface area contributed by atoms with Crippen LogP contribution in [-0.4, -0.2) is 70.2 Å². The van der Waals surface area contributed by atoms with Gasteiger partial charge in [0.15, 0.2) is 0 Å². The topological polar surface area (TPSA) is 89.3 Å². The number of piperazine rings is 1. The van der Waals surface area contributed by atoms with Crippen molar-refractivity contribution in [3.8, 4) is 22.6 Å². The number of rotatable bonds is 6. The normalized spacial score (nSPS) is 15.5. The number of aryl methyl sites for hydroxylation is 1. The van der Waals surface area contributed by atoms with Crippen LogP contribution in [0.15, 0.2) is 47.1 Å². The van der Waals surface area contributed by atoms with Crippen LogP contribution in [0.5, 0.6) is 11.5 Å². The molecule has 9 heteroatoms. The molecule has 35 heavy (non-hydrogen) atoms.